The molecule has 0 aromatic heterocycles. The van der Waals surface area contributed by atoms with E-state index in [9.17, 15) is 9.18 Å². The summed E-state index contributed by atoms with van der Waals surface area (Å²) < 4.78 is 12.8. The average Bonchev–Trinajstić information content (AvgIpc) is 2.03. The van der Waals surface area contributed by atoms with Gasteiger partial charge in [-0.15, -0.1) is 0 Å². The Balaban J connectivity index is 2.44. The molecule has 2 nitrogen and oxygen atoms in total. The minimum atomic E-state index is -0.177. The fourth-order valence-corrected chi connectivity index (χ4v) is 1.39. The molecular weight excluding hydrogens is 169 g/mol. The minimum absolute atomic E-state index is 0.0678. The van der Waals surface area contributed by atoms with Gasteiger partial charge in [0.05, 0.1) is 6.54 Å². The quantitative estimate of drug-likeness (QED) is 0.645. The second-order valence-electron chi connectivity index (χ2n) is 3.85. The lowest BCUT2D eigenvalue weighted by Crippen LogP contribution is -2.35. The number of halogens is 1. The maximum atomic E-state index is 12.8. The highest BCUT2D eigenvalue weighted by Gasteiger charge is 2.18. The average molecular weight is 185 g/mol. The molecule has 74 valence electrons. The van der Waals surface area contributed by atoms with E-state index in [0.29, 0.717) is 25.3 Å². The van der Waals surface area contributed by atoms with Gasteiger partial charge in [-0.3, -0.25) is 4.79 Å². The van der Waals surface area contributed by atoms with Crippen LogP contribution in [0.25, 0.3) is 0 Å². The van der Waals surface area contributed by atoms with Crippen molar-refractivity contribution in [3.63, 3.8) is 0 Å². The van der Waals surface area contributed by atoms with E-state index < -0.39 is 0 Å². The van der Waals surface area contributed by atoms with Crippen LogP contribution in [0.3, 0.4) is 0 Å². The van der Waals surface area contributed by atoms with Gasteiger partial charge in [-0.05, 0) is 18.4 Å². The molecule has 13 heavy (non-hydrogen) atoms. The summed E-state index contributed by atoms with van der Waals surface area (Å²) in [5.74, 6) is 0.239. The van der Waals surface area contributed by atoms with Gasteiger partial charge >= 0.3 is 0 Å². The van der Waals surface area contributed by atoms with Crippen molar-refractivity contribution in [2.75, 3.05) is 13.1 Å². The number of hydrogen-bond acceptors (Lipinski definition) is 1. The molecule has 0 fully saturated rings. The lowest BCUT2D eigenvalue weighted by Gasteiger charge is -2.25. The van der Waals surface area contributed by atoms with E-state index >= 15 is 0 Å². The van der Waals surface area contributed by atoms with Gasteiger partial charge in [0, 0.05) is 13.0 Å². The van der Waals surface area contributed by atoms with Gasteiger partial charge < -0.3 is 4.90 Å². The zero-order valence-corrected chi connectivity index (χ0v) is 8.22. The number of carbonyl (C=O) groups is 1. The molecular formula is C10H16FNO. The summed E-state index contributed by atoms with van der Waals surface area (Å²) in [6, 6.07) is 0. The second kappa shape index (κ2) is 4.40. The molecule has 0 N–H and O–H groups in total. The summed E-state index contributed by atoms with van der Waals surface area (Å²) in [5.41, 5.74) is 0. The molecule has 1 rings (SSSR count). The monoisotopic (exact) mass is 185 g/mol. The molecule has 1 heterocycles. The third-order valence-electron chi connectivity index (χ3n) is 2.04. The van der Waals surface area contributed by atoms with E-state index in [-0.39, 0.29) is 18.3 Å². The second-order valence-corrected chi connectivity index (χ2v) is 3.85. The van der Waals surface area contributed by atoms with Gasteiger partial charge in [-0.2, -0.15) is 0 Å². The van der Waals surface area contributed by atoms with Crippen LogP contribution in [0.15, 0.2) is 11.9 Å². The Morgan fingerprint density at radius 1 is 1.69 bits per heavy atom. The third kappa shape index (κ3) is 3.17. The Morgan fingerprint density at radius 3 is 2.92 bits per heavy atom. The van der Waals surface area contributed by atoms with Crippen molar-refractivity contribution in [3.05, 3.63) is 11.9 Å². The molecule has 0 radical (unpaired) electrons. The van der Waals surface area contributed by atoms with Gasteiger partial charge in [0.15, 0.2) is 0 Å². The van der Waals surface area contributed by atoms with Crippen molar-refractivity contribution < 1.29 is 9.18 Å². The molecule has 1 aliphatic rings. The van der Waals surface area contributed by atoms with Gasteiger partial charge in [0.2, 0.25) is 5.91 Å². The molecule has 0 spiro atoms. The van der Waals surface area contributed by atoms with E-state index in [2.05, 4.69) is 0 Å². The molecule has 0 atom stereocenters. The maximum absolute atomic E-state index is 12.8. The Morgan fingerprint density at radius 2 is 2.38 bits per heavy atom. The van der Waals surface area contributed by atoms with Crippen molar-refractivity contribution in [1.82, 2.24) is 4.90 Å². The molecule has 1 aliphatic heterocycles. The molecule has 0 aliphatic carbocycles. The molecule has 3 heteroatoms. The lowest BCUT2D eigenvalue weighted by molar-refractivity contribution is -0.132. The topological polar surface area (TPSA) is 20.3 Å². The smallest absolute Gasteiger partial charge is 0.223 e. The van der Waals surface area contributed by atoms with Crippen LogP contribution in [0.2, 0.25) is 0 Å². The van der Waals surface area contributed by atoms with Gasteiger partial charge in [-0.1, -0.05) is 13.8 Å². The van der Waals surface area contributed by atoms with Crippen LogP contribution in [0.4, 0.5) is 4.39 Å². The molecule has 0 aromatic rings. The van der Waals surface area contributed by atoms with Crippen LogP contribution in [0, 0.1) is 5.92 Å². The minimum Gasteiger partial charge on any atom is -0.336 e. The van der Waals surface area contributed by atoms with E-state index in [0.717, 1.165) is 0 Å². The fraction of sp³-hybridized carbons (Fsp3) is 0.700. The van der Waals surface area contributed by atoms with Gasteiger partial charge in [0.1, 0.15) is 5.83 Å². The van der Waals surface area contributed by atoms with Crippen LogP contribution < -0.4 is 0 Å². The normalized spacial score (nSPS) is 17.5. The first kappa shape index (κ1) is 10.2. The Labute approximate surface area is 78.4 Å². The summed E-state index contributed by atoms with van der Waals surface area (Å²) in [5, 5.41) is 0. The maximum Gasteiger partial charge on any atom is 0.223 e. The molecule has 1 amide bonds. The number of hydrogen-bond donors (Lipinski definition) is 0. The third-order valence-corrected chi connectivity index (χ3v) is 2.04. The largest absolute Gasteiger partial charge is 0.336 e. The Hall–Kier alpha value is -0.860. The standard InChI is InChI=1S/C10H16FNO/c1-8(2)6-10(13)12-5-3-4-9(11)7-12/h4,8H,3,5-7H2,1-2H3. The van der Waals surface area contributed by atoms with E-state index in [1.165, 1.54) is 0 Å². The van der Waals surface area contributed by atoms with Gasteiger partial charge in [-0.25, -0.2) is 4.39 Å². The molecule has 0 saturated carbocycles. The van der Waals surface area contributed by atoms with E-state index in [1.807, 2.05) is 13.8 Å². The van der Waals surface area contributed by atoms with E-state index in [4.69, 9.17) is 0 Å². The first-order valence-electron chi connectivity index (χ1n) is 4.72. The first-order valence-corrected chi connectivity index (χ1v) is 4.72. The summed E-state index contributed by atoms with van der Waals surface area (Å²) in [6.07, 6.45) is 2.72. The van der Waals surface area contributed by atoms with E-state index in [1.54, 1.807) is 11.0 Å². The van der Waals surface area contributed by atoms with Crippen molar-refractivity contribution in [2.45, 2.75) is 26.7 Å². The summed E-state index contributed by atoms with van der Waals surface area (Å²) in [6.45, 7) is 4.83. The highest BCUT2D eigenvalue weighted by molar-refractivity contribution is 5.76. The first-order chi connectivity index (χ1) is 6.09. The van der Waals surface area contributed by atoms with Crippen molar-refractivity contribution in [3.8, 4) is 0 Å². The molecule has 0 unspecified atom stereocenters. The van der Waals surface area contributed by atoms with Crippen molar-refractivity contribution in [2.24, 2.45) is 5.92 Å². The zero-order chi connectivity index (χ0) is 9.84. The summed E-state index contributed by atoms with van der Waals surface area (Å²) in [4.78, 5) is 13.1. The van der Waals surface area contributed by atoms with Gasteiger partial charge in [0.25, 0.3) is 0 Å². The highest BCUT2D eigenvalue weighted by atomic mass is 19.1. The fourth-order valence-electron chi connectivity index (χ4n) is 1.39. The van der Waals surface area contributed by atoms with Crippen LogP contribution in [0.5, 0.6) is 0 Å². The van der Waals surface area contributed by atoms with Crippen LogP contribution in [-0.2, 0) is 4.79 Å². The molecule has 0 saturated heterocycles. The molecule has 0 aromatic carbocycles. The predicted octanol–water partition coefficient (Wildman–Crippen LogP) is 2.12. The Bertz CT molecular complexity index is 223. The van der Waals surface area contributed by atoms with Crippen LogP contribution in [-0.4, -0.2) is 23.9 Å². The molecule has 0 bridgehead atoms. The number of rotatable bonds is 2. The lowest BCUT2D eigenvalue weighted by atomic mass is 10.1. The number of amides is 1. The summed E-state index contributed by atoms with van der Waals surface area (Å²) >= 11 is 0. The number of nitrogens with zero attached hydrogens (tertiary/aromatic N) is 1. The predicted molar refractivity (Wildman–Crippen MR) is 49.8 cm³/mol. The van der Waals surface area contributed by atoms with Crippen molar-refractivity contribution >= 4 is 5.91 Å². The number of carbonyl (C=O) groups excluding carboxylic acids is 1. The zero-order valence-electron chi connectivity index (χ0n) is 8.22. The van der Waals surface area contributed by atoms with Crippen LogP contribution in [0.1, 0.15) is 26.7 Å². The highest BCUT2D eigenvalue weighted by Crippen LogP contribution is 2.13. The SMILES string of the molecule is CC(C)CC(=O)N1CCC=C(F)C1. The van der Waals surface area contributed by atoms with Crippen LogP contribution >= 0.6 is 0 Å². The Kier molecular flexibility index (Phi) is 3.46. The summed E-state index contributed by atoms with van der Waals surface area (Å²) in [7, 11) is 0. The van der Waals surface area contributed by atoms with Crippen molar-refractivity contribution in [1.29, 1.82) is 0 Å².